The fourth-order valence-corrected chi connectivity index (χ4v) is 5.03. The molecule has 0 spiro atoms. The predicted molar refractivity (Wildman–Crippen MR) is 116 cm³/mol. The van der Waals surface area contributed by atoms with Gasteiger partial charge in [-0.15, -0.1) is 6.58 Å². The number of morpholine rings is 1. The summed E-state index contributed by atoms with van der Waals surface area (Å²) >= 11 is 0. The number of allylic oxidation sites excluding steroid dienone is 1. The van der Waals surface area contributed by atoms with Gasteiger partial charge in [0, 0.05) is 18.6 Å². The van der Waals surface area contributed by atoms with Crippen molar-refractivity contribution in [3.05, 3.63) is 48.6 Å². The van der Waals surface area contributed by atoms with E-state index in [-0.39, 0.29) is 0 Å². The maximum Gasteiger partial charge on any atom is 0.0679 e. The van der Waals surface area contributed by atoms with Crippen LogP contribution in [0, 0.1) is 0 Å². The topological polar surface area (TPSA) is 32.7 Å². The highest BCUT2D eigenvalue weighted by atomic mass is 16.5. The summed E-state index contributed by atoms with van der Waals surface area (Å²) in [6, 6.07) is 11.4. The Morgan fingerprint density at radius 1 is 0.964 bits per heavy atom. The molecular formula is C25H39NO2. The lowest BCUT2D eigenvalue weighted by molar-refractivity contribution is -0.148. The van der Waals surface area contributed by atoms with E-state index in [2.05, 4.69) is 41.8 Å². The first-order valence-corrected chi connectivity index (χ1v) is 11.4. The molecule has 2 fully saturated rings. The van der Waals surface area contributed by atoms with E-state index in [4.69, 9.17) is 4.74 Å². The zero-order valence-corrected chi connectivity index (χ0v) is 17.5. The van der Waals surface area contributed by atoms with Gasteiger partial charge in [-0.1, -0.05) is 74.9 Å². The molecule has 1 aromatic carbocycles. The minimum Gasteiger partial charge on any atom is -0.390 e. The van der Waals surface area contributed by atoms with Crippen molar-refractivity contribution < 1.29 is 9.84 Å². The Bertz CT molecular complexity index is 559. The number of benzene rings is 1. The Balaban J connectivity index is 1.39. The van der Waals surface area contributed by atoms with Crippen molar-refractivity contribution in [2.24, 2.45) is 0 Å². The van der Waals surface area contributed by atoms with Crippen LogP contribution in [-0.4, -0.2) is 40.9 Å². The molecular weight excluding hydrogens is 346 g/mol. The lowest BCUT2D eigenvalue weighted by atomic mass is 9.78. The molecule has 0 amide bonds. The second kappa shape index (κ2) is 11.1. The third-order valence-corrected chi connectivity index (χ3v) is 6.55. The van der Waals surface area contributed by atoms with Crippen LogP contribution in [0.5, 0.6) is 0 Å². The van der Waals surface area contributed by atoms with Gasteiger partial charge in [-0.3, -0.25) is 4.90 Å². The molecule has 0 aliphatic carbocycles. The average Bonchev–Trinajstić information content (AvgIpc) is 2.68. The van der Waals surface area contributed by atoms with Crippen LogP contribution < -0.4 is 0 Å². The molecule has 2 heterocycles. The molecule has 2 aliphatic rings. The van der Waals surface area contributed by atoms with Crippen molar-refractivity contribution in [1.29, 1.82) is 0 Å². The van der Waals surface area contributed by atoms with Crippen LogP contribution in [0.2, 0.25) is 0 Å². The number of aliphatic hydroxyl groups is 1. The normalized spacial score (nSPS) is 27.6. The zero-order valence-electron chi connectivity index (χ0n) is 17.5. The lowest BCUT2D eigenvalue weighted by Gasteiger charge is -2.52. The van der Waals surface area contributed by atoms with Gasteiger partial charge in [0.2, 0.25) is 0 Å². The van der Waals surface area contributed by atoms with Gasteiger partial charge >= 0.3 is 0 Å². The van der Waals surface area contributed by atoms with Crippen LogP contribution in [0.1, 0.15) is 76.2 Å². The van der Waals surface area contributed by atoms with Gasteiger partial charge < -0.3 is 9.84 Å². The molecule has 2 unspecified atom stereocenters. The van der Waals surface area contributed by atoms with E-state index in [9.17, 15) is 5.11 Å². The van der Waals surface area contributed by atoms with Crippen molar-refractivity contribution >= 4 is 0 Å². The van der Waals surface area contributed by atoms with Crippen molar-refractivity contribution in [3.8, 4) is 0 Å². The van der Waals surface area contributed by atoms with E-state index in [1.165, 1.54) is 44.1 Å². The number of unbranched alkanes of at least 4 members (excludes halogenated alkanes) is 7. The number of rotatable bonds is 12. The minimum atomic E-state index is -0.490. The SMILES string of the molecule is C=CCCCCCCCCCC1(O)CC2COCC(C1)N2Cc1ccccc1. The van der Waals surface area contributed by atoms with E-state index >= 15 is 0 Å². The van der Waals surface area contributed by atoms with Gasteiger partial charge in [0.1, 0.15) is 0 Å². The van der Waals surface area contributed by atoms with Crippen LogP contribution in [0.4, 0.5) is 0 Å². The van der Waals surface area contributed by atoms with Crippen molar-refractivity contribution in [3.63, 3.8) is 0 Å². The smallest absolute Gasteiger partial charge is 0.0679 e. The first-order valence-electron chi connectivity index (χ1n) is 11.4. The van der Waals surface area contributed by atoms with Gasteiger partial charge in [0.05, 0.1) is 18.8 Å². The maximum absolute atomic E-state index is 11.3. The molecule has 0 aromatic heterocycles. The Morgan fingerprint density at radius 3 is 2.21 bits per heavy atom. The molecule has 2 atom stereocenters. The van der Waals surface area contributed by atoms with Crippen LogP contribution in [0.3, 0.4) is 0 Å². The number of piperidine rings is 1. The predicted octanol–water partition coefficient (Wildman–Crippen LogP) is 5.48. The number of nitrogens with zero attached hydrogens (tertiary/aromatic N) is 1. The Hall–Kier alpha value is -1.16. The van der Waals surface area contributed by atoms with Crippen LogP contribution in [0.15, 0.2) is 43.0 Å². The highest BCUT2D eigenvalue weighted by Crippen LogP contribution is 2.38. The second-order valence-electron chi connectivity index (χ2n) is 8.94. The molecule has 2 saturated heterocycles. The summed E-state index contributed by atoms with van der Waals surface area (Å²) in [7, 11) is 0. The number of ether oxygens (including phenoxy) is 1. The van der Waals surface area contributed by atoms with Crippen molar-refractivity contribution in [2.75, 3.05) is 13.2 Å². The van der Waals surface area contributed by atoms with Gasteiger partial charge in [-0.25, -0.2) is 0 Å². The zero-order chi connectivity index (χ0) is 19.7. The molecule has 3 heteroatoms. The monoisotopic (exact) mass is 385 g/mol. The first-order chi connectivity index (χ1) is 13.7. The van der Waals surface area contributed by atoms with Crippen LogP contribution in [0.25, 0.3) is 0 Å². The van der Waals surface area contributed by atoms with E-state index in [1.54, 1.807) is 0 Å². The summed E-state index contributed by atoms with van der Waals surface area (Å²) in [6.45, 7) is 6.28. The summed E-state index contributed by atoms with van der Waals surface area (Å²) in [5, 5.41) is 11.3. The third-order valence-electron chi connectivity index (χ3n) is 6.55. The molecule has 156 valence electrons. The first kappa shape index (κ1) is 21.5. The van der Waals surface area contributed by atoms with Crippen molar-refractivity contribution in [2.45, 2.75) is 94.9 Å². The van der Waals surface area contributed by atoms with Gasteiger partial charge in [0.25, 0.3) is 0 Å². The molecule has 2 bridgehead atoms. The average molecular weight is 386 g/mol. The molecule has 2 aliphatic heterocycles. The molecule has 1 N–H and O–H groups in total. The molecule has 3 nitrogen and oxygen atoms in total. The fraction of sp³-hybridized carbons (Fsp3) is 0.680. The second-order valence-corrected chi connectivity index (χ2v) is 8.94. The number of fused-ring (bicyclic) bond motifs is 2. The van der Waals surface area contributed by atoms with Gasteiger partial charge in [-0.2, -0.15) is 0 Å². The molecule has 3 rings (SSSR count). The maximum atomic E-state index is 11.3. The Kier molecular flexibility index (Phi) is 8.57. The van der Waals surface area contributed by atoms with Gasteiger partial charge in [0.15, 0.2) is 0 Å². The molecule has 1 aromatic rings. The Morgan fingerprint density at radius 2 is 1.57 bits per heavy atom. The Labute approximate surface area is 171 Å². The summed E-state index contributed by atoms with van der Waals surface area (Å²) in [4.78, 5) is 2.58. The largest absolute Gasteiger partial charge is 0.390 e. The van der Waals surface area contributed by atoms with E-state index < -0.39 is 5.60 Å². The quantitative estimate of drug-likeness (QED) is 0.382. The standard InChI is InChI=1S/C25H39NO2/c1-2-3-4-5-6-7-8-9-13-16-25(27)17-23-20-28-21-24(18-25)26(23)19-22-14-11-10-12-15-22/h2,10-12,14-15,23-24,27H,1,3-9,13,16-21H2. The summed E-state index contributed by atoms with van der Waals surface area (Å²) < 4.78 is 5.84. The highest BCUT2D eigenvalue weighted by molar-refractivity contribution is 5.15. The van der Waals surface area contributed by atoms with Crippen LogP contribution in [-0.2, 0) is 11.3 Å². The summed E-state index contributed by atoms with van der Waals surface area (Å²) in [5.74, 6) is 0. The van der Waals surface area contributed by atoms with E-state index in [0.29, 0.717) is 12.1 Å². The summed E-state index contributed by atoms with van der Waals surface area (Å²) in [5.41, 5.74) is 0.869. The number of hydrogen-bond donors (Lipinski definition) is 1. The third kappa shape index (κ3) is 6.43. The molecule has 0 saturated carbocycles. The molecule has 28 heavy (non-hydrogen) atoms. The van der Waals surface area contributed by atoms with Gasteiger partial charge in [-0.05, 0) is 37.7 Å². The summed E-state index contributed by atoms with van der Waals surface area (Å²) in [6.07, 6.45) is 14.8. The van der Waals surface area contributed by atoms with E-state index in [1.807, 2.05) is 6.08 Å². The van der Waals surface area contributed by atoms with Crippen LogP contribution >= 0.6 is 0 Å². The number of hydrogen-bond acceptors (Lipinski definition) is 3. The fourth-order valence-electron chi connectivity index (χ4n) is 5.03. The molecule has 0 radical (unpaired) electrons. The minimum absolute atomic E-state index is 0.350. The van der Waals surface area contributed by atoms with E-state index in [0.717, 1.165) is 51.9 Å². The lowest BCUT2D eigenvalue weighted by Crippen LogP contribution is -2.61. The highest BCUT2D eigenvalue weighted by Gasteiger charge is 2.45. The van der Waals surface area contributed by atoms with Crippen molar-refractivity contribution in [1.82, 2.24) is 4.90 Å².